The number of benzene rings is 2. The Morgan fingerprint density at radius 3 is 2.62 bits per heavy atom. The van der Waals surface area contributed by atoms with E-state index < -0.39 is 0 Å². The van der Waals surface area contributed by atoms with Crippen molar-refractivity contribution in [3.8, 4) is 0 Å². The van der Waals surface area contributed by atoms with E-state index in [1.54, 1.807) is 11.1 Å². The molecule has 2 aromatic carbocycles. The molecule has 0 saturated carbocycles. The summed E-state index contributed by atoms with van der Waals surface area (Å²) in [5, 5.41) is 3.76. The van der Waals surface area contributed by atoms with E-state index in [0.717, 1.165) is 12.5 Å². The third-order valence-corrected chi connectivity index (χ3v) is 4.69. The Morgan fingerprint density at radius 1 is 1.10 bits per heavy atom. The smallest absolute Gasteiger partial charge is 0.0328 e. The normalized spacial score (nSPS) is 17.9. The standard InChI is InChI=1S/C20H25N/c1-3-12-21-20(18-10-6-4-8-15(18)2)14-17-13-16-9-5-7-11-19(16)17/h4-11,17,20-21H,3,12-14H2,1-2H3. The average molecular weight is 279 g/mol. The van der Waals surface area contributed by atoms with Gasteiger partial charge in [0.15, 0.2) is 0 Å². The lowest BCUT2D eigenvalue weighted by molar-refractivity contribution is 0.427. The summed E-state index contributed by atoms with van der Waals surface area (Å²) in [4.78, 5) is 0. The summed E-state index contributed by atoms with van der Waals surface area (Å²) >= 11 is 0. The first-order valence-corrected chi connectivity index (χ1v) is 8.16. The molecule has 0 heterocycles. The SMILES string of the molecule is CCCNC(CC1Cc2ccccc21)c1ccccc1C. The highest BCUT2D eigenvalue weighted by Crippen LogP contribution is 2.41. The Hall–Kier alpha value is -1.60. The van der Waals surface area contributed by atoms with Crippen LogP contribution in [0.2, 0.25) is 0 Å². The first-order chi connectivity index (χ1) is 10.3. The lowest BCUT2D eigenvalue weighted by atomic mass is 9.73. The van der Waals surface area contributed by atoms with Gasteiger partial charge in [0.25, 0.3) is 0 Å². The minimum absolute atomic E-state index is 0.476. The minimum atomic E-state index is 0.476. The van der Waals surface area contributed by atoms with Crippen LogP contribution in [0.1, 0.15) is 54.0 Å². The van der Waals surface area contributed by atoms with Crippen molar-refractivity contribution in [3.63, 3.8) is 0 Å². The molecule has 1 aliphatic rings. The quantitative estimate of drug-likeness (QED) is 0.803. The summed E-state index contributed by atoms with van der Waals surface area (Å²) in [5.74, 6) is 0.718. The van der Waals surface area contributed by atoms with Gasteiger partial charge in [-0.2, -0.15) is 0 Å². The van der Waals surface area contributed by atoms with E-state index in [1.807, 2.05) is 0 Å². The van der Waals surface area contributed by atoms with Gasteiger partial charge in [-0.15, -0.1) is 0 Å². The molecule has 21 heavy (non-hydrogen) atoms. The van der Waals surface area contributed by atoms with E-state index in [4.69, 9.17) is 0 Å². The number of nitrogens with one attached hydrogen (secondary N) is 1. The van der Waals surface area contributed by atoms with Crippen molar-refractivity contribution in [2.75, 3.05) is 6.54 Å². The second kappa shape index (κ2) is 6.44. The van der Waals surface area contributed by atoms with Crippen LogP contribution in [0.4, 0.5) is 0 Å². The van der Waals surface area contributed by atoms with E-state index in [1.165, 1.54) is 30.4 Å². The fourth-order valence-electron chi connectivity index (χ4n) is 3.47. The van der Waals surface area contributed by atoms with E-state index in [0.29, 0.717) is 6.04 Å². The zero-order valence-corrected chi connectivity index (χ0v) is 13.1. The van der Waals surface area contributed by atoms with Crippen LogP contribution in [-0.2, 0) is 6.42 Å². The van der Waals surface area contributed by atoms with Gasteiger partial charge in [0.1, 0.15) is 0 Å². The Kier molecular flexibility index (Phi) is 4.40. The first kappa shape index (κ1) is 14.3. The van der Waals surface area contributed by atoms with Crippen molar-refractivity contribution < 1.29 is 0 Å². The van der Waals surface area contributed by atoms with Crippen LogP contribution in [0.15, 0.2) is 48.5 Å². The number of fused-ring (bicyclic) bond motifs is 1. The molecule has 2 atom stereocenters. The number of rotatable bonds is 6. The van der Waals surface area contributed by atoms with E-state index in [-0.39, 0.29) is 0 Å². The van der Waals surface area contributed by atoms with Gasteiger partial charge in [-0.1, -0.05) is 55.5 Å². The Morgan fingerprint density at radius 2 is 1.86 bits per heavy atom. The number of hydrogen-bond acceptors (Lipinski definition) is 1. The summed E-state index contributed by atoms with van der Waals surface area (Å²) in [6, 6.07) is 18.2. The number of aryl methyl sites for hydroxylation is 1. The summed E-state index contributed by atoms with van der Waals surface area (Å²) in [6.07, 6.45) is 3.64. The second-order valence-electron chi connectivity index (χ2n) is 6.20. The summed E-state index contributed by atoms with van der Waals surface area (Å²) in [7, 11) is 0. The maximum atomic E-state index is 3.76. The van der Waals surface area contributed by atoms with E-state index in [9.17, 15) is 0 Å². The topological polar surface area (TPSA) is 12.0 Å². The van der Waals surface area contributed by atoms with Crippen LogP contribution < -0.4 is 5.32 Å². The van der Waals surface area contributed by atoms with Crippen LogP contribution in [0, 0.1) is 6.92 Å². The Bertz CT molecular complexity index is 602. The van der Waals surface area contributed by atoms with Crippen LogP contribution in [0.5, 0.6) is 0 Å². The molecule has 0 radical (unpaired) electrons. The lowest BCUT2D eigenvalue weighted by Gasteiger charge is -2.34. The van der Waals surface area contributed by atoms with Gasteiger partial charge in [0.2, 0.25) is 0 Å². The summed E-state index contributed by atoms with van der Waals surface area (Å²) in [6.45, 7) is 5.55. The van der Waals surface area contributed by atoms with Crippen molar-refractivity contribution in [1.82, 2.24) is 5.32 Å². The molecule has 2 aromatic rings. The fraction of sp³-hybridized carbons (Fsp3) is 0.400. The molecular formula is C20H25N. The van der Waals surface area contributed by atoms with Crippen LogP contribution in [-0.4, -0.2) is 6.54 Å². The van der Waals surface area contributed by atoms with Gasteiger partial charge in [-0.3, -0.25) is 0 Å². The molecule has 0 amide bonds. The summed E-state index contributed by atoms with van der Waals surface area (Å²) < 4.78 is 0. The van der Waals surface area contributed by atoms with Crippen molar-refractivity contribution in [2.24, 2.45) is 0 Å². The van der Waals surface area contributed by atoms with Crippen molar-refractivity contribution in [2.45, 2.75) is 45.1 Å². The zero-order valence-electron chi connectivity index (χ0n) is 13.1. The lowest BCUT2D eigenvalue weighted by Crippen LogP contribution is -2.28. The van der Waals surface area contributed by atoms with Gasteiger partial charge >= 0.3 is 0 Å². The molecule has 3 rings (SSSR count). The Balaban J connectivity index is 1.77. The highest BCUT2D eigenvalue weighted by Gasteiger charge is 2.28. The second-order valence-corrected chi connectivity index (χ2v) is 6.20. The fourth-order valence-corrected chi connectivity index (χ4v) is 3.47. The third-order valence-electron chi connectivity index (χ3n) is 4.69. The summed E-state index contributed by atoms with van der Waals surface area (Å²) in [5.41, 5.74) is 5.98. The first-order valence-electron chi connectivity index (χ1n) is 8.16. The van der Waals surface area contributed by atoms with E-state index >= 15 is 0 Å². The maximum absolute atomic E-state index is 3.76. The molecule has 1 nitrogen and oxygen atoms in total. The van der Waals surface area contributed by atoms with Gasteiger partial charge < -0.3 is 5.32 Å². The van der Waals surface area contributed by atoms with E-state index in [2.05, 4.69) is 67.7 Å². The molecular weight excluding hydrogens is 254 g/mol. The predicted octanol–water partition coefficient (Wildman–Crippen LogP) is 4.77. The average Bonchev–Trinajstić information content (AvgIpc) is 2.49. The van der Waals surface area contributed by atoms with Crippen molar-refractivity contribution >= 4 is 0 Å². The van der Waals surface area contributed by atoms with Crippen LogP contribution in [0.25, 0.3) is 0 Å². The Labute approximate surface area is 128 Å². The highest BCUT2D eigenvalue weighted by atomic mass is 14.9. The van der Waals surface area contributed by atoms with Crippen LogP contribution >= 0.6 is 0 Å². The van der Waals surface area contributed by atoms with Gasteiger partial charge in [-0.05, 0) is 60.9 Å². The van der Waals surface area contributed by atoms with Crippen molar-refractivity contribution in [3.05, 3.63) is 70.8 Å². The molecule has 110 valence electrons. The van der Waals surface area contributed by atoms with Crippen molar-refractivity contribution in [1.29, 1.82) is 0 Å². The molecule has 2 unspecified atom stereocenters. The molecule has 0 fully saturated rings. The maximum Gasteiger partial charge on any atom is 0.0328 e. The molecule has 0 saturated heterocycles. The monoisotopic (exact) mass is 279 g/mol. The molecule has 0 aliphatic heterocycles. The highest BCUT2D eigenvalue weighted by molar-refractivity contribution is 5.40. The van der Waals surface area contributed by atoms with Gasteiger partial charge in [0, 0.05) is 6.04 Å². The molecule has 1 heteroatoms. The van der Waals surface area contributed by atoms with Gasteiger partial charge in [-0.25, -0.2) is 0 Å². The van der Waals surface area contributed by atoms with Crippen LogP contribution in [0.3, 0.4) is 0 Å². The molecule has 1 aliphatic carbocycles. The molecule has 1 N–H and O–H groups in total. The third kappa shape index (κ3) is 3.03. The predicted molar refractivity (Wildman–Crippen MR) is 89.7 cm³/mol. The zero-order chi connectivity index (χ0) is 14.7. The number of hydrogen-bond donors (Lipinski definition) is 1. The minimum Gasteiger partial charge on any atom is -0.310 e. The largest absolute Gasteiger partial charge is 0.310 e. The molecule has 0 spiro atoms. The van der Waals surface area contributed by atoms with Gasteiger partial charge in [0.05, 0.1) is 0 Å². The molecule has 0 aromatic heterocycles. The molecule has 0 bridgehead atoms.